The molecule has 0 aliphatic heterocycles. The Morgan fingerprint density at radius 2 is 1.88 bits per heavy atom. The van der Waals surface area contributed by atoms with Crippen LogP contribution in [0.5, 0.6) is 0 Å². The Labute approximate surface area is 148 Å². The first kappa shape index (κ1) is 18.4. The number of benzene rings is 2. The van der Waals surface area contributed by atoms with Crippen molar-refractivity contribution in [3.63, 3.8) is 0 Å². The predicted molar refractivity (Wildman–Crippen MR) is 101 cm³/mol. The Hall–Kier alpha value is -2.95. The number of carbonyl (C=O) groups is 2. The molecular formula is C20H23N3O2. The second kappa shape index (κ2) is 9.37. The lowest BCUT2D eigenvalue weighted by Crippen LogP contribution is -2.17. The summed E-state index contributed by atoms with van der Waals surface area (Å²) in [6.07, 6.45) is 3.96. The lowest BCUT2D eigenvalue weighted by molar-refractivity contribution is -0.116. The number of aryl methyl sites for hydroxylation is 1. The van der Waals surface area contributed by atoms with Gasteiger partial charge in [0, 0.05) is 17.7 Å². The monoisotopic (exact) mass is 337 g/mol. The summed E-state index contributed by atoms with van der Waals surface area (Å²) in [7, 11) is 0. The third-order valence-electron chi connectivity index (χ3n) is 3.61. The highest BCUT2D eigenvalue weighted by atomic mass is 16.2. The minimum atomic E-state index is -0.298. The van der Waals surface area contributed by atoms with Crippen LogP contribution in [0.25, 0.3) is 0 Å². The molecule has 0 heterocycles. The van der Waals surface area contributed by atoms with Gasteiger partial charge in [0.25, 0.3) is 5.91 Å². The average Bonchev–Trinajstić information content (AvgIpc) is 2.60. The molecule has 2 rings (SSSR count). The second-order valence-corrected chi connectivity index (χ2v) is 5.84. The molecule has 0 saturated heterocycles. The van der Waals surface area contributed by atoms with E-state index in [1.165, 1.54) is 0 Å². The number of unbranched alkanes of at least 4 members (excludes halogenated alkanes) is 1. The average molecular weight is 337 g/mol. The van der Waals surface area contributed by atoms with E-state index in [-0.39, 0.29) is 11.8 Å². The number of hydrogen-bond acceptors (Lipinski definition) is 3. The van der Waals surface area contributed by atoms with Crippen molar-refractivity contribution in [3.05, 3.63) is 65.2 Å². The third-order valence-corrected chi connectivity index (χ3v) is 3.61. The first-order valence-corrected chi connectivity index (χ1v) is 8.38. The van der Waals surface area contributed by atoms with Crippen LogP contribution in [0.2, 0.25) is 0 Å². The van der Waals surface area contributed by atoms with E-state index in [1.54, 1.807) is 30.5 Å². The van der Waals surface area contributed by atoms with E-state index in [4.69, 9.17) is 0 Å². The highest BCUT2D eigenvalue weighted by Crippen LogP contribution is 2.10. The summed E-state index contributed by atoms with van der Waals surface area (Å²) in [5, 5.41) is 6.78. The molecule has 0 fully saturated rings. The maximum absolute atomic E-state index is 12.1. The maximum Gasteiger partial charge on any atom is 0.271 e. The zero-order valence-electron chi connectivity index (χ0n) is 14.6. The third kappa shape index (κ3) is 6.22. The van der Waals surface area contributed by atoms with Gasteiger partial charge in [-0.05, 0) is 43.2 Å². The molecular weight excluding hydrogens is 314 g/mol. The van der Waals surface area contributed by atoms with Crippen LogP contribution in [0.1, 0.15) is 47.7 Å². The van der Waals surface area contributed by atoms with Crippen LogP contribution in [-0.4, -0.2) is 18.0 Å². The van der Waals surface area contributed by atoms with Crippen LogP contribution in [0.15, 0.2) is 53.6 Å². The van der Waals surface area contributed by atoms with Crippen molar-refractivity contribution in [1.82, 2.24) is 5.43 Å². The van der Waals surface area contributed by atoms with E-state index in [1.807, 2.05) is 38.1 Å². The van der Waals surface area contributed by atoms with Crippen molar-refractivity contribution in [2.45, 2.75) is 33.1 Å². The van der Waals surface area contributed by atoms with Crippen molar-refractivity contribution in [2.24, 2.45) is 5.10 Å². The highest BCUT2D eigenvalue weighted by Gasteiger charge is 2.05. The molecule has 2 amide bonds. The number of anilines is 1. The van der Waals surface area contributed by atoms with Gasteiger partial charge in [-0.3, -0.25) is 9.59 Å². The molecule has 5 heteroatoms. The maximum atomic E-state index is 12.1. The van der Waals surface area contributed by atoms with Crippen LogP contribution in [0, 0.1) is 6.92 Å². The van der Waals surface area contributed by atoms with E-state index < -0.39 is 0 Å². The van der Waals surface area contributed by atoms with Crippen molar-refractivity contribution < 1.29 is 9.59 Å². The van der Waals surface area contributed by atoms with E-state index in [0.717, 1.165) is 24.0 Å². The molecule has 0 bridgehead atoms. The van der Waals surface area contributed by atoms with Crippen LogP contribution in [-0.2, 0) is 4.79 Å². The Kier molecular flexibility index (Phi) is 6.89. The van der Waals surface area contributed by atoms with Crippen LogP contribution >= 0.6 is 0 Å². The van der Waals surface area contributed by atoms with Crippen LogP contribution < -0.4 is 10.7 Å². The van der Waals surface area contributed by atoms with Gasteiger partial charge in [0.1, 0.15) is 0 Å². The number of nitrogens with one attached hydrogen (secondary N) is 2. The minimum absolute atomic E-state index is 0.0122. The normalized spacial score (nSPS) is 10.6. The molecule has 5 nitrogen and oxygen atoms in total. The Balaban J connectivity index is 1.88. The van der Waals surface area contributed by atoms with Crippen LogP contribution in [0.4, 0.5) is 5.69 Å². The molecule has 0 spiro atoms. The van der Waals surface area contributed by atoms with Gasteiger partial charge in [-0.15, -0.1) is 0 Å². The smallest absolute Gasteiger partial charge is 0.271 e. The summed E-state index contributed by atoms with van der Waals surface area (Å²) < 4.78 is 0. The lowest BCUT2D eigenvalue weighted by atomic mass is 10.2. The summed E-state index contributed by atoms with van der Waals surface area (Å²) in [5.74, 6) is -0.311. The van der Waals surface area contributed by atoms with Gasteiger partial charge < -0.3 is 5.32 Å². The molecule has 25 heavy (non-hydrogen) atoms. The highest BCUT2D eigenvalue weighted by molar-refractivity contribution is 5.96. The van der Waals surface area contributed by atoms with Gasteiger partial charge in [0.15, 0.2) is 0 Å². The van der Waals surface area contributed by atoms with Crippen molar-refractivity contribution in [3.8, 4) is 0 Å². The predicted octanol–water partition coefficient (Wildman–Crippen LogP) is 3.89. The van der Waals surface area contributed by atoms with Gasteiger partial charge in [-0.25, -0.2) is 5.43 Å². The molecule has 2 N–H and O–H groups in total. The summed E-state index contributed by atoms with van der Waals surface area (Å²) in [4.78, 5) is 23.7. The molecule has 0 saturated carbocycles. The molecule has 0 atom stereocenters. The van der Waals surface area contributed by atoms with Crippen molar-refractivity contribution in [1.29, 1.82) is 0 Å². The number of carbonyl (C=O) groups excluding carboxylic acids is 2. The topological polar surface area (TPSA) is 70.6 Å². The van der Waals surface area contributed by atoms with E-state index in [9.17, 15) is 9.59 Å². The molecule has 0 aromatic heterocycles. The summed E-state index contributed by atoms with van der Waals surface area (Å²) in [6.45, 7) is 4.04. The van der Waals surface area contributed by atoms with Gasteiger partial charge in [-0.1, -0.05) is 43.2 Å². The second-order valence-electron chi connectivity index (χ2n) is 5.84. The Morgan fingerprint density at radius 1 is 1.12 bits per heavy atom. The summed E-state index contributed by atoms with van der Waals surface area (Å²) in [6, 6.07) is 14.6. The lowest BCUT2D eigenvalue weighted by Gasteiger charge is -2.06. The van der Waals surface area contributed by atoms with Gasteiger partial charge >= 0.3 is 0 Å². The number of rotatable bonds is 7. The summed E-state index contributed by atoms with van der Waals surface area (Å²) in [5.41, 5.74) is 5.71. The van der Waals surface area contributed by atoms with E-state index in [2.05, 4.69) is 15.8 Å². The fourth-order valence-corrected chi connectivity index (χ4v) is 2.25. The molecule has 0 aliphatic carbocycles. The SMILES string of the molecule is CCCCC(=O)Nc1ccc(C(=O)N/N=C/c2cccc(C)c2)cc1. The van der Waals surface area contributed by atoms with Crippen molar-refractivity contribution >= 4 is 23.7 Å². The quantitative estimate of drug-likeness (QED) is 0.594. The van der Waals surface area contributed by atoms with Crippen LogP contribution in [0.3, 0.4) is 0 Å². The van der Waals surface area contributed by atoms with Gasteiger partial charge in [-0.2, -0.15) is 5.10 Å². The van der Waals surface area contributed by atoms with Gasteiger partial charge in [0.05, 0.1) is 6.21 Å². The Bertz CT molecular complexity index is 752. The zero-order valence-corrected chi connectivity index (χ0v) is 14.6. The van der Waals surface area contributed by atoms with E-state index >= 15 is 0 Å². The Morgan fingerprint density at radius 3 is 2.56 bits per heavy atom. The van der Waals surface area contributed by atoms with Gasteiger partial charge in [0.2, 0.25) is 5.91 Å². The number of hydrazone groups is 1. The van der Waals surface area contributed by atoms with E-state index in [0.29, 0.717) is 17.7 Å². The fourth-order valence-electron chi connectivity index (χ4n) is 2.25. The largest absolute Gasteiger partial charge is 0.326 e. The molecule has 0 aliphatic rings. The number of nitrogens with zero attached hydrogens (tertiary/aromatic N) is 1. The molecule has 2 aromatic carbocycles. The first-order chi connectivity index (χ1) is 12.1. The summed E-state index contributed by atoms with van der Waals surface area (Å²) >= 11 is 0. The fraction of sp³-hybridized carbons (Fsp3) is 0.250. The molecule has 2 aromatic rings. The molecule has 0 unspecified atom stereocenters. The van der Waals surface area contributed by atoms with Crippen molar-refractivity contribution in [2.75, 3.05) is 5.32 Å². The zero-order chi connectivity index (χ0) is 18.1. The molecule has 0 radical (unpaired) electrons. The standard InChI is InChI=1S/C20H23N3O2/c1-3-4-8-19(24)22-18-11-9-17(10-12-18)20(25)23-21-14-16-7-5-6-15(2)13-16/h5-7,9-14H,3-4,8H2,1-2H3,(H,22,24)(H,23,25)/b21-14+. The number of amides is 2. The minimum Gasteiger partial charge on any atom is -0.326 e. The number of hydrogen-bond donors (Lipinski definition) is 2. The first-order valence-electron chi connectivity index (χ1n) is 8.38. The molecule has 130 valence electrons.